The highest BCUT2D eigenvalue weighted by molar-refractivity contribution is 9.10. The number of hydrogen-bond acceptors (Lipinski definition) is 2. The molecule has 1 aliphatic rings. The van der Waals surface area contributed by atoms with Crippen molar-refractivity contribution in [3.63, 3.8) is 0 Å². The van der Waals surface area contributed by atoms with E-state index in [1.165, 1.54) is 0 Å². The second-order valence-electron chi connectivity index (χ2n) is 4.54. The fourth-order valence-electron chi connectivity index (χ4n) is 2.10. The Balaban J connectivity index is 2.45. The Hall–Kier alpha value is -0.690. The van der Waals surface area contributed by atoms with Crippen LogP contribution in [0.2, 0.25) is 0 Å². The molecule has 1 aliphatic carbocycles. The van der Waals surface area contributed by atoms with Crippen LogP contribution >= 0.6 is 27.5 Å². The van der Waals surface area contributed by atoms with Gasteiger partial charge in [0.05, 0.1) is 12.0 Å². The molecule has 0 saturated carbocycles. The van der Waals surface area contributed by atoms with E-state index in [-0.39, 0.29) is 12.0 Å². The van der Waals surface area contributed by atoms with Gasteiger partial charge in [-0.05, 0) is 31.5 Å². The number of rotatable bonds is 2. The van der Waals surface area contributed by atoms with Crippen LogP contribution in [0.15, 0.2) is 16.6 Å². The van der Waals surface area contributed by atoms with Gasteiger partial charge in [0, 0.05) is 16.5 Å². The van der Waals surface area contributed by atoms with Gasteiger partial charge in [0.15, 0.2) is 5.60 Å². The SMILES string of the molecule is CC(C)Oc1ccc(Br)c2c1C(O)(C#CCCl)C2. The Morgan fingerprint density at radius 2 is 2.28 bits per heavy atom. The van der Waals surface area contributed by atoms with E-state index in [0.29, 0.717) is 12.2 Å². The number of halogens is 2. The third-order valence-corrected chi connectivity index (χ3v) is 3.66. The van der Waals surface area contributed by atoms with Crippen molar-refractivity contribution in [3.05, 3.63) is 27.7 Å². The van der Waals surface area contributed by atoms with Crippen molar-refractivity contribution in [2.24, 2.45) is 0 Å². The first-order valence-electron chi connectivity index (χ1n) is 5.75. The molecule has 0 bridgehead atoms. The first-order valence-corrected chi connectivity index (χ1v) is 7.07. The minimum atomic E-state index is -1.13. The Morgan fingerprint density at radius 3 is 2.89 bits per heavy atom. The highest BCUT2D eigenvalue weighted by Crippen LogP contribution is 2.48. The number of alkyl halides is 1. The third-order valence-electron chi connectivity index (χ3n) is 2.79. The van der Waals surface area contributed by atoms with Crippen LogP contribution in [0.4, 0.5) is 0 Å². The van der Waals surface area contributed by atoms with Crippen molar-refractivity contribution in [1.29, 1.82) is 0 Å². The summed E-state index contributed by atoms with van der Waals surface area (Å²) in [4.78, 5) is 0. The molecule has 1 unspecified atom stereocenters. The van der Waals surface area contributed by atoms with Gasteiger partial charge >= 0.3 is 0 Å². The Kier molecular flexibility index (Phi) is 3.91. The Bertz CT molecular complexity index is 531. The molecule has 0 radical (unpaired) electrons. The number of ether oxygens (including phenoxy) is 1. The lowest BCUT2D eigenvalue weighted by Gasteiger charge is -2.37. The smallest absolute Gasteiger partial charge is 0.158 e. The fraction of sp³-hybridized carbons (Fsp3) is 0.429. The number of aliphatic hydroxyl groups is 1. The van der Waals surface area contributed by atoms with E-state index in [4.69, 9.17) is 16.3 Å². The van der Waals surface area contributed by atoms with Crippen molar-refractivity contribution in [2.45, 2.75) is 32.0 Å². The van der Waals surface area contributed by atoms with E-state index in [2.05, 4.69) is 27.8 Å². The van der Waals surface area contributed by atoms with E-state index in [1.807, 2.05) is 26.0 Å². The van der Waals surface area contributed by atoms with Crippen LogP contribution in [0, 0.1) is 11.8 Å². The van der Waals surface area contributed by atoms with E-state index in [9.17, 15) is 5.11 Å². The van der Waals surface area contributed by atoms with Crippen molar-refractivity contribution in [3.8, 4) is 17.6 Å². The molecule has 0 saturated heterocycles. The van der Waals surface area contributed by atoms with Crippen LogP contribution in [0.3, 0.4) is 0 Å². The first kappa shape index (κ1) is 13.7. The molecule has 0 fully saturated rings. The summed E-state index contributed by atoms with van der Waals surface area (Å²) >= 11 is 9.02. The molecule has 0 amide bonds. The maximum atomic E-state index is 10.5. The van der Waals surface area contributed by atoms with E-state index >= 15 is 0 Å². The minimum absolute atomic E-state index is 0.0566. The monoisotopic (exact) mass is 328 g/mol. The van der Waals surface area contributed by atoms with Crippen LogP contribution in [0.5, 0.6) is 5.75 Å². The second-order valence-corrected chi connectivity index (χ2v) is 5.66. The van der Waals surface area contributed by atoms with Crippen LogP contribution in [0.1, 0.15) is 25.0 Å². The van der Waals surface area contributed by atoms with E-state index in [0.717, 1.165) is 15.6 Å². The molecular formula is C14H14BrClO2. The minimum Gasteiger partial charge on any atom is -0.491 e. The summed E-state index contributed by atoms with van der Waals surface area (Å²) in [5, 5.41) is 10.5. The molecule has 0 aliphatic heterocycles. The Labute approximate surface area is 120 Å². The third kappa shape index (κ3) is 2.38. The van der Waals surface area contributed by atoms with Gasteiger partial charge in [-0.2, -0.15) is 0 Å². The summed E-state index contributed by atoms with van der Waals surface area (Å²) in [5.74, 6) is 6.45. The standard InChI is InChI=1S/C14H14BrClO2/c1-9(2)18-12-5-4-11(15)10-8-14(17,13(10)12)6-3-7-16/h4-5,9,17H,7-8H2,1-2H3. The molecule has 1 atom stereocenters. The molecule has 96 valence electrons. The average Bonchev–Trinajstić information content (AvgIpc) is 2.28. The van der Waals surface area contributed by atoms with Gasteiger partial charge in [-0.3, -0.25) is 0 Å². The lowest BCUT2D eigenvalue weighted by atomic mass is 9.73. The summed E-state index contributed by atoms with van der Waals surface area (Å²) in [6, 6.07) is 3.79. The molecule has 4 heteroatoms. The van der Waals surface area contributed by atoms with Gasteiger partial charge < -0.3 is 9.84 Å². The maximum Gasteiger partial charge on any atom is 0.158 e. The summed E-state index contributed by atoms with van der Waals surface area (Å²) in [6.45, 7) is 3.91. The van der Waals surface area contributed by atoms with Gasteiger partial charge in [0.25, 0.3) is 0 Å². The topological polar surface area (TPSA) is 29.5 Å². The van der Waals surface area contributed by atoms with Gasteiger partial charge in [-0.25, -0.2) is 0 Å². The van der Waals surface area contributed by atoms with Crippen molar-refractivity contribution in [2.75, 3.05) is 5.88 Å². The van der Waals surface area contributed by atoms with E-state index in [1.54, 1.807) is 0 Å². The maximum absolute atomic E-state index is 10.5. The Morgan fingerprint density at radius 1 is 1.56 bits per heavy atom. The van der Waals surface area contributed by atoms with Gasteiger partial charge in [-0.15, -0.1) is 11.6 Å². The molecule has 18 heavy (non-hydrogen) atoms. The highest BCUT2D eigenvalue weighted by atomic mass is 79.9. The molecule has 0 spiro atoms. The zero-order valence-corrected chi connectivity index (χ0v) is 12.6. The normalized spacial score (nSPS) is 20.8. The van der Waals surface area contributed by atoms with E-state index < -0.39 is 5.60 Å². The van der Waals surface area contributed by atoms with Crippen LogP contribution in [-0.2, 0) is 12.0 Å². The first-order chi connectivity index (χ1) is 8.48. The quantitative estimate of drug-likeness (QED) is 0.667. The second kappa shape index (κ2) is 5.13. The molecule has 2 rings (SSSR count). The van der Waals surface area contributed by atoms with Gasteiger partial charge in [0.2, 0.25) is 0 Å². The summed E-state index contributed by atoms with van der Waals surface area (Å²) in [7, 11) is 0. The molecule has 0 heterocycles. The van der Waals surface area contributed by atoms with Gasteiger partial charge in [0.1, 0.15) is 5.75 Å². The predicted octanol–water partition coefficient (Wildman–Crippen LogP) is 3.22. The van der Waals surface area contributed by atoms with Crippen LogP contribution in [-0.4, -0.2) is 17.1 Å². The largest absolute Gasteiger partial charge is 0.491 e. The van der Waals surface area contributed by atoms with Crippen molar-refractivity contribution in [1.82, 2.24) is 0 Å². The number of fused-ring (bicyclic) bond motifs is 1. The predicted molar refractivity (Wildman–Crippen MR) is 76.0 cm³/mol. The fourth-order valence-corrected chi connectivity index (χ4v) is 2.64. The van der Waals surface area contributed by atoms with Crippen molar-refractivity contribution >= 4 is 27.5 Å². The summed E-state index contributed by atoms with van der Waals surface area (Å²) < 4.78 is 6.70. The summed E-state index contributed by atoms with van der Waals surface area (Å²) in [5.41, 5.74) is 0.695. The zero-order valence-electron chi connectivity index (χ0n) is 10.3. The summed E-state index contributed by atoms with van der Waals surface area (Å²) in [6.07, 6.45) is 0.559. The van der Waals surface area contributed by atoms with Gasteiger partial charge in [-0.1, -0.05) is 27.8 Å². The average molecular weight is 330 g/mol. The number of hydrogen-bond donors (Lipinski definition) is 1. The molecule has 0 aromatic heterocycles. The number of benzene rings is 1. The van der Waals surface area contributed by atoms with Crippen LogP contribution in [0.25, 0.3) is 0 Å². The van der Waals surface area contributed by atoms with Crippen LogP contribution < -0.4 is 4.74 Å². The lowest BCUT2D eigenvalue weighted by molar-refractivity contribution is 0.0684. The molecular weight excluding hydrogens is 316 g/mol. The molecule has 1 aromatic carbocycles. The lowest BCUT2D eigenvalue weighted by Crippen LogP contribution is -2.38. The zero-order chi connectivity index (χ0) is 13.3. The molecule has 1 aromatic rings. The molecule has 1 N–H and O–H groups in total. The van der Waals surface area contributed by atoms with Crippen molar-refractivity contribution < 1.29 is 9.84 Å². The molecule has 2 nitrogen and oxygen atoms in total. The highest BCUT2D eigenvalue weighted by Gasteiger charge is 2.44.